The third-order valence-electron chi connectivity index (χ3n) is 0.222. The van der Waals surface area contributed by atoms with Crippen molar-refractivity contribution in [1.82, 2.24) is 0 Å². The molecule has 0 spiro atoms. The number of hydrogen-bond donors (Lipinski definition) is 0. The monoisotopic (exact) mass is 354 g/mol. The summed E-state index contributed by atoms with van der Waals surface area (Å²) in [6.45, 7) is 0. The smallest absolute Gasteiger partial charge is 0.763 e. The summed E-state index contributed by atoms with van der Waals surface area (Å²) in [6, 6.07) is 0. The maximum atomic E-state index is 9.09. The fraction of sp³-hybridized carbons (Fsp3) is 0. The molecule has 15 heavy (non-hydrogen) atoms. The third kappa shape index (κ3) is 31.6. The summed E-state index contributed by atoms with van der Waals surface area (Å²) in [4.78, 5) is 0. The second-order valence-electron chi connectivity index (χ2n) is 0.816. The Balaban J connectivity index is -0.0000000370. The first-order valence-corrected chi connectivity index (χ1v) is 7.00. The van der Waals surface area contributed by atoms with Gasteiger partial charge in [0.1, 0.15) is 0 Å². The summed E-state index contributed by atoms with van der Waals surface area (Å²) >= 11 is 0. The third-order valence-corrected chi connectivity index (χ3v) is 2.00. The first-order chi connectivity index (χ1) is 5.29. The summed E-state index contributed by atoms with van der Waals surface area (Å²) in [7, 11) is -11.8. The molecule has 0 rings (SSSR count). The predicted octanol–water partition coefficient (Wildman–Crippen LogP) is -4.27. The second kappa shape index (κ2) is 19.3. The zero-order valence-corrected chi connectivity index (χ0v) is 14.5. The van der Waals surface area contributed by atoms with Crippen molar-refractivity contribution in [3.05, 3.63) is 0 Å². The van der Waals surface area contributed by atoms with E-state index in [2.05, 4.69) is 0 Å². The fourth-order valence-electron chi connectivity index (χ4n) is 0. The van der Waals surface area contributed by atoms with Gasteiger partial charge in [0.25, 0.3) is 0 Å². The molecule has 0 heterocycles. The summed E-state index contributed by atoms with van der Waals surface area (Å²) in [6.07, 6.45) is 0. The van der Waals surface area contributed by atoms with Crippen LogP contribution in [0.3, 0.4) is 0 Å². The van der Waals surface area contributed by atoms with Gasteiger partial charge in [-0.3, -0.25) is 16.8 Å². The van der Waals surface area contributed by atoms with Crippen molar-refractivity contribution in [1.29, 1.82) is 0 Å². The van der Waals surface area contributed by atoms with Gasteiger partial charge in [0.15, 0.2) is 0 Å². The van der Waals surface area contributed by atoms with Gasteiger partial charge < -0.3 is 23.7 Å². The van der Waals surface area contributed by atoms with E-state index in [0.29, 0.717) is 0 Å². The Morgan fingerprint density at radius 3 is 0.600 bits per heavy atom. The molecule has 0 amide bonds. The Bertz CT molecular complexity index is 176. The largest absolute Gasteiger partial charge is 2.00 e. The molecule has 84 valence electrons. The minimum Gasteiger partial charge on any atom is -0.763 e. The maximum Gasteiger partial charge on any atom is 2.00 e. The van der Waals surface area contributed by atoms with E-state index in [1.807, 2.05) is 0 Å². The number of rotatable bonds is 2. The van der Waals surface area contributed by atoms with E-state index in [9.17, 15) is 0 Å². The second-order valence-corrected chi connectivity index (χ2v) is 5.72. The van der Waals surface area contributed by atoms with Crippen LogP contribution in [0, 0.1) is 0 Å². The quantitative estimate of drug-likeness (QED) is 0.270. The van der Waals surface area contributed by atoms with Crippen LogP contribution < -0.4 is 0 Å². The molecule has 2 N–H and O–H groups in total. The van der Waals surface area contributed by atoms with Crippen LogP contribution >= 0.6 is 0 Å². The van der Waals surface area contributed by atoms with Crippen LogP contribution in [-0.4, -0.2) is 116 Å². The average molecular weight is 354 g/mol. The Hall–Kier alpha value is 2.92. The maximum absolute atomic E-state index is 9.09. The molecule has 0 fully saturated rings. The standard InChI is InChI=1S/2Ca.2H2O4S2.H2O/c;;2*1-5(2)6(3)4;/h;;2*(H,1,2)(H,3,4);1H2/q2*+2;;;/p-4. The summed E-state index contributed by atoms with van der Waals surface area (Å²) in [5.41, 5.74) is 0. The van der Waals surface area contributed by atoms with E-state index in [4.69, 9.17) is 35.0 Å². The van der Waals surface area contributed by atoms with Crippen molar-refractivity contribution in [2.75, 3.05) is 0 Å². The molecular weight excluding hydrogens is 352 g/mol. The first-order valence-electron chi connectivity index (χ1n) is 1.67. The van der Waals surface area contributed by atoms with Gasteiger partial charge in [0.05, 0.1) is 0 Å². The molecule has 0 saturated heterocycles. The molecule has 0 aliphatic rings. The summed E-state index contributed by atoms with van der Waals surface area (Å²) in [5.74, 6) is 0. The van der Waals surface area contributed by atoms with Crippen molar-refractivity contribution in [3.63, 3.8) is 0 Å². The van der Waals surface area contributed by atoms with E-state index in [1.165, 1.54) is 0 Å². The molecule has 0 saturated carbocycles. The molecular formula is H2Ca2O9S4. The predicted molar refractivity (Wildman–Crippen MR) is 50.8 cm³/mol. The van der Waals surface area contributed by atoms with Crippen LogP contribution in [0.25, 0.3) is 0 Å². The minimum atomic E-state index is -2.95. The number of hydrogen-bond acceptors (Lipinski definition) is 8. The van der Waals surface area contributed by atoms with Gasteiger partial charge in [0, 0.05) is 40.4 Å². The molecule has 0 aromatic rings. The van der Waals surface area contributed by atoms with Gasteiger partial charge in [0.2, 0.25) is 0 Å². The van der Waals surface area contributed by atoms with Gasteiger partial charge in [-0.25, -0.2) is 0 Å². The summed E-state index contributed by atoms with van der Waals surface area (Å²) in [5, 5.41) is 0. The van der Waals surface area contributed by atoms with Crippen molar-refractivity contribution >= 4 is 116 Å². The SMILES string of the molecule is O.O=S([O-])S(=O)[O-].O=S([O-])S(=O)[O-].[Ca+2].[Ca+2]. The van der Waals surface area contributed by atoms with Crippen LogP contribution in [0.5, 0.6) is 0 Å². The molecule has 0 bridgehead atoms. The molecule has 0 aliphatic heterocycles. The average Bonchev–Trinajstić information content (AvgIpc) is 1.88. The van der Waals surface area contributed by atoms with Crippen LogP contribution in [0.15, 0.2) is 0 Å². The Labute approximate surface area is 153 Å². The zero-order valence-electron chi connectivity index (χ0n) is 6.81. The Kier molecular flexibility index (Phi) is 39.5. The van der Waals surface area contributed by atoms with Crippen LogP contribution in [0.1, 0.15) is 0 Å². The van der Waals surface area contributed by atoms with Crippen LogP contribution in [-0.2, 0) is 40.4 Å². The molecule has 15 heteroatoms. The van der Waals surface area contributed by atoms with E-state index in [-0.39, 0.29) is 81.0 Å². The molecule has 9 nitrogen and oxygen atoms in total. The van der Waals surface area contributed by atoms with Gasteiger partial charge in [-0.1, -0.05) is 0 Å². The molecule has 0 aliphatic carbocycles. The minimum absolute atomic E-state index is 0. The van der Waals surface area contributed by atoms with E-state index in [0.717, 1.165) is 0 Å². The van der Waals surface area contributed by atoms with E-state index >= 15 is 0 Å². The molecule has 0 aromatic heterocycles. The Morgan fingerprint density at radius 1 is 0.533 bits per heavy atom. The Morgan fingerprint density at radius 2 is 0.600 bits per heavy atom. The molecule has 0 radical (unpaired) electrons. The molecule has 4 atom stereocenters. The van der Waals surface area contributed by atoms with E-state index in [1.54, 1.807) is 0 Å². The fourth-order valence-corrected chi connectivity index (χ4v) is 0. The van der Waals surface area contributed by atoms with Crippen molar-refractivity contribution in [2.24, 2.45) is 0 Å². The van der Waals surface area contributed by atoms with E-state index < -0.39 is 40.4 Å². The topological polar surface area (TPSA) is 192 Å². The van der Waals surface area contributed by atoms with Crippen molar-refractivity contribution in [2.45, 2.75) is 0 Å². The van der Waals surface area contributed by atoms with Gasteiger partial charge in [-0.05, 0) is 0 Å². The van der Waals surface area contributed by atoms with Gasteiger partial charge >= 0.3 is 75.5 Å². The van der Waals surface area contributed by atoms with Gasteiger partial charge in [-0.2, -0.15) is 0 Å². The normalized spacial score (nSPS) is 15.7. The van der Waals surface area contributed by atoms with Crippen molar-refractivity contribution < 1.29 is 40.5 Å². The molecule has 0 aromatic carbocycles. The van der Waals surface area contributed by atoms with Gasteiger partial charge in [-0.15, -0.1) is 0 Å². The van der Waals surface area contributed by atoms with Crippen LogP contribution in [0.2, 0.25) is 0 Å². The first kappa shape index (κ1) is 30.7. The zero-order chi connectivity index (χ0) is 10.3. The molecule has 4 unspecified atom stereocenters. The summed E-state index contributed by atoms with van der Waals surface area (Å²) < 4.78 is 72.7. The van der Waals surface area contributed by atoms with Crippen LogP contribution in [0.4, 0.5) is 0 Å². The van der Waals surface area contributed by atoms with Crippen molar-refractivity contribution in [3.8, 4) is 0 Å².